The van der Waals surface area contributed by atoms with Crippen LogP contribution in [-0.2, 0) is 29.7 Å². The number of ether oxygens (including phenoxy) is 1. The lowest BCUT2D eigenvalue weighted by Gasteiger charge is -2.17. The Morgan fingerprint density at radius 2 is 1.63 bits per heavy atom. The van der Waals surface area contributed by atoms with E-state index in [1.807, 2.05) is 20.8 Å². The highest BCUT2D eigenvalue weighted by molar-refractivity contribution is 7.92. The topological polar surface area (TPSA) is 129 Å². The van der Waals surface area contributed by atoms with E-state index in [2.05, 4.69) is 8.91 Å². The van der Waals surface area contributed by atoms with E-state index in [0.717, 1.165) is 12.5 Å². The Labute approximate surface area is 205 Å². The Bertz CT molecular complexity index is 1430. The molecule has 0 aliphatic rings. The molecule has 0 atom stereocenters. The van der Waals surface area contributed by atoms with Gasteiger partial charge in [0.05, 0.1) is 31.3 Å². The third-order valence-corrected chi connectivity index (χ3v) is 6.07. The molecule has 0 aliphatic heterocycles. The van der Waals surface area contributed by atoms with Gasteiger partial charge in [-0.15, -0.1) is 0 Å². The molecular formula is C24H29NO8S2. The van der Waals surface area contributed by atoms with Crippen molar-refractivity contribution in [1.29, 1.82) is 0 Å². The molecule has 35 heavy (non-hydrogen) atoms. The zero-order valence-electron chi connectivity index (χ0n) is 20.2. The normalized spacial score (nSPS) is 12.6. The van der Waals surface area contributed by atoms with Crippen molar-refractivity contribution in [1.82, 2.24) is 0 Å². The molecule has 1 N–H and O–H groups in total. The Morgan fingerprint density at radius 1 is 0.971 bits per heavy atom. The van der Waals surface area contributed by atoms with Crippen molar-refractivity contribution in [3.8, 4) is 5.75 Å². The summed E-state index contributed by atoms with van der Waals surface area (Å²) in [5.41, 5.74) is 1.11. The molecule has 9 nitrogen and oxygen atoms in total. The summed E-state index contributed by atoms with van der Waals surface area (Å²) in [5.74, 6) is 0.757. The predicted molar refractivity (Wildman–Crippen MR) is 134 cm³/mol. The fraction of sp³-hybridized carbons (Fsp3) is 0.375. The van der Waals surface area contributed by atoms with Gasteiger partial charge >= 0.3 is 0 Å². The first-order chi connectivity index (χ1) is 16.1. The van der Waals surface area contributed by atoms with Crippen molar-refractivity contribution >= 4 is 42.6 Å². The quantitative estimate of drug-likeness (QED) is 0.239. The lowest BCUT2D eigenvalue weighted by Crippen LogP contribution is -2.15. The summed E-state index contributed by atoms with van der Waals surface area (Å²) in [4.78, 5) is 13.6. The maximum atomic E-state index is 13.6. The number of rotatable bonds is 10. The van der Waals surface area contributed by atoms with E-state index >= 15 is 0 Å². The molecule has 0 bridgehead atoms. The van der Waals surface area contributed by atoms with Crippen LogP contribution < -0.4 is 9.46 Å². The van der Waals surface area contributed by atoms with Gasteiger partial charge < -0.3 is 9.15 Å². The van der Waals surface area contributed by atoms with Crippen molar-refractivity contribution < 1.29 is 35.0 Å². The van der Waals surface area contributed by atoms with Crippen LogP contribution in [0.3, 0.4) is 0 Å². The van der Waals surface area contributed by atoms with Crippen molar-refractivity contribution in [2.24, 2.45) is 0 Å². The number of nitrogens with one attached hydrogen (secondary N) is 1. The van der Waals surface area contributed by atoms with Gasteiger partial charge in [-0.05, 0) is 42.5 Å². The summed E-state index contributed by atoms with van der Waals surface area (Å²) in [6.07, 6.45) is 2.43. The number of carbonyl (C=O) groups excluding carboxylic acids is 1. The van der Waals surface area contributed by atoms with Crippen molar-refractivity contribution in [2.45, 2.75) is 32.6 Å². The minimum absolute atomic E-state index is 0.0225. The molecule has 2 aromatic carbocycles. The predicted octanol–water partition coefficient (Wildman–Crippen LogP) is 4.08. The van der Waals surface area contributed by atoms with Gasteiger partial charge in [0.25, 0.3) is 10.1 Å². The van der Waals surface area contributed by atoms with Gasteiger partial charge in [0, 0.05) is 28.5 Å². The molecule has 190 valence electrons. The van der Waals surface area contributed by atoms with E-state index < -0.39 is 25.6 Å². The first-order valence-corrected chi connectivity index (χ1v) is 14.5. The molecule has 0 radical (unpaired) electrons. The number of anilines is 1. The van der Waals surface area contributed by atoms with E-state index in [0.29, 0.717) is 45.7 Å². The molecule has 11 heteroatoms. The summed E-state index contributed by atoms with van der Waals surface area (Å²) in [5, 5.41) is 0.514. The Kier molecular flexibility index (Phi) is 7.63. The van der Waals surface area contributed by atoms with Gasteiger partial charge in [-0.25, -0.2) is 8.42 Å². The summed E-state index contributed by atoms with van der Waals surface area (Å²) in [6, 6.07) is 11.4. The van der Waals surface area contributed by atoms with Crippen LogP contribution in [0.25, 0.3) is 11.0 Å². The molecule has 3 aromatic rings. The van der Waals surface area contributed by atoms with Crippen LogP contribution in [0.15, 0.2) is 46.9 Å². The zero-order chi connectivity index (χ0) is 26.0. The minimum Gasteiger partial charge on any atom is -0.494 e. The fourth-order valence-corrected chi connectivity index (χ4v) is 4.41. The fourth-order valence-electron chi connectivity index (χ4n) is 3.43. The molecule has 0 amide bonds. The highest BCUT2D eigenvalue weighted by atomic mass is 32.2. The van der Waals surface area contributed by atoms with Gasteiger partial charge in [-0.2, -0.15) is 8.42 Å². The standard InChI is InChI=1S/C24H29NO8S2/c1-24(2,3)23-21(19-15-17(25-34(4,27)28)9-12-20(19)33-23)22(26)16-7-10-18(11-8-16)31-13-6-14-32-35(5,29)30/h7-12,15,25H,6,13-14H2,1-5H3. The smallest absolute Gasteiger partial charge is 0.264 e. The summed E-state index contributed by atoms with van der Waals surface area (Å²) < 4.78 is 64.0. The molecule has 0 saturated heterocycles. The van der Waals surface area contributed by atoms with E-state index in [1.54, 1.807) is 42.5 Å². The molecular weight excluding hydrogens is 494 g/mol. The van der Waals surface area contributed by atoms with Crippen LogP contribution >= 0.6 is 0 Å². The van der Waals surface area contributed by atoms with E-state index in [-0.39, 0.29) is 19.0 Å². The third-order valence-electron chi connectivity index (χ3n) is 4.87. The van der Waals surface area contributed by atoms with E-state index in [4.69, 9.17) is 9.15 Å². The summed E-state index contributed by atoms with van der Waals surface area (Å²) in [6.45, 7) is 6.07. The van der Waals surface area contributed by atoms with Crippen molar-refractivity contribution in [3.63, 3.8) is 0 Å². The maximum Gasteiger partial charge on any atom is 0.264 e. The Hall–Kier alpha value is -2.89. The van der Waals surface area contributed by atoms with Gasteiger partial charge in [0.1, 0.15) is 17.1 Å². The van der Waals surface area contributed by atoms with Crippen LogP contribution in [0.5, 0.6) is 5.75 Å². The van der Waals surface area contributed by atoms with Crippen LogP contribution in [0.2, 0.25) is 0 Å². The van der Waals surface area contributed by atoms with E-state index in [9.17, 15) is 21.6 Å². The molecule has 0 fully saturated rings. The zero-order valence-corrected chi connectivity index (χ0v) is 21.9. The lowest BCUT2D eigenvalue weighted by molar-refractivity contribution is 0.103. The third kappa shape index (κ3) is 7.30. The lowest BCUT2D eigenvalue weighted by atomic mass is 9.87. The second-order valence-electron chi connectivity index (χ2n) is 9.22. The van der Waals surface area contributed by atoms with Crippen LogP contribution in [0, 0.1) is 0 Å². The van der Waals surface area contributed by atoms with Crippen molar-refractivity contribution in [3.05, 3.63) is 59.4 Å². The number of benzene rings is 2. The molecule has 0 unspecified atom stereocenters. The number of hydrogen-bond acceptors (Lipinski definition) is 8. The summed E-state index contributed by atoms with van der Waals surface area (Å²) >= 11 is 0. The second kappa shape index (κ2) is 10.00. The Balaban J connectivity index is 1.87. The minimum atomic E-state index is -3.49. The first-order valence-electron chi connectivity index (χ1n) is 10.8. The molecule has 1 aromatic heterocycles. The molecule has 1 heterocycles. The summed E-state index contributed by atoms with van der Waals surface area (Å²) in [7, 11) is -6.98. The second-order valence-corrected chi connectivity index (χ2v) is 12.6. The number of hydrogen-bond donors (Lipinski definition) is 1. The van der Waals surface area contributed by atoms with Crippen LogP contribution in [0.1, 0.15) is 48.9 Å². The van der Waals surface area contributed by atoms with Gasteiger partial charge in [0.15, 0.2) is 5.78 Å². The van der Waals surface area contributed by atoms with Crippen LogP contribution in [-0.4, -0.2) is 48.3 Å². The van der Waals surface area contributed by atoms with Crippen LogP contribution in [0.4, 0.5) is 5.69 Å². The molecule has 0 aliphatic carbocycles. The number of carbonyl (C=O) groups is 1. The van der Waals surface area contributed by atoms with Gasteiger partial charge in [-0.1, -0.05) is 20.8 Å². The van der Waals surface area contributed by atoms with Crippen molar-refractivity contribution in [2.75, 3.05) is 30.4 Å². The number of fused-ring (bicyclic) bond motifs is 1. The number of sulfonamides is 1. The molecule has 0 saturated carbocycles. The highest BCUT2D eigenvalue weighted by Crippen LogP contribution is 2.37. The average molecular weight is 524 g/mol. The monoisotopic (exact) mass is 523 g/mol. The molecule has 3 rings (SSSR count). The maximum absolute atomic E-state index is 13.6. The van der Waals surface area contributed by atoms with E-state index in [1.165, 1.54) is 0 Å². The number of furan rings is 1. The van der Waals surface area contributed by atoms with Gasteiger partial charge in [0.2, 0.25) is 10.0 Å². The highest BCUT2D eigenvalue weighted by Gasteiger charge is 2.30. The first kappa shape index (κ1) is 26.7. The largest absolute Gasteiger partial charge is 0.494 e. The molecule has 0 spiro atoms. The SMILES string of the molecule is CC(C)(C)c1oc2ccc(NS(C)(=O)=O)cc2c1C(=O)c1ccc(OCCCOS(C)(=O)=O)cc1. The average Bonchev–Trinajstić information content (AvgIpc) is 3.11. The Morgan fingerprint density at radius 3 is 2.20 bits per heavy atom. The van der Waals surface area contributed by atoms with Gasteiger partial charge in [-0.3, -0.25) is 13.7 Å². The number of ketones is 1.